The van der Waals surface area contributed by atoms with Gasteiger partial charge in [0.15, 0.2) is 5.16 Å². The lowest BCUT2D eigenvalue weighted by Crippen LogP contribution is -2.53. The first-order valence-electron chi connectivity index (χ1n) is 10.5. The third kappa shape index (κ3) is 5.36. The lowest BCUT2D eigenvalue weighted by atomic mass is 9.60. The molecule has 1 aromatic rings. The highest BCUT2D eigenvalue weighted by molar-refractivity contribution is 7.98. The number of nitrogens with one attached hydrogen (secondary N) is 1. The van der Waals surface area contributed by atoms with E-state index in [0.717, 1.165) is 38.8 Å². The summed E-state index contributed by atoms with van der Waals surface area (Å²) >= 11 is 1.43. The molecule has 0 radical (unpaired) electrons. The molecule has 1 amide bonds. The summed E-state index contributed by atoms with van der Waals surface area (Å²) in [5, 5.41) is 4.04. The molecule has 0 aromatic carbocycles. The van der Waals surface area contributed by atoms with Gasteiger partial charge in [-0.2, -0.15) is 0 Å². The van der Waals surface area contributed by atoms with Crippen LogP contribution in [0.4, 0.5) is 10.6 Å². The van der Waals surface area contributed by atoms with E-state index in [4.69, 9.17) is 9.47 Å². The van der Waals surface area contributed by atoms with Gasteiger partial charge in [-0.05, 0) is 65.0 Å². The molecule has 166 valence electrons. The second kappa shape index (κ2) is 8.99. The van der Waals surface area contributed by atoms with Crippen LogP contribution in [0, 0.1) is 5.41 Å². The van der Waals surface area contributed by atoms with E-state index < -0.39 is 11.6 Å². The van der Waals surface area contributed by atoms with E-state index >= 15 is 0 Å². The lowest BCUT2D eigenvalue weighted by Gasteiger charge is -2.52. The summed E-state index contributed by atoms with van der Waals surface area (Å²) in [6.07, 6.45) is 7.14. The summed E-state index contributed by atoms with van der Waals surface area (Å²) < 4.78 is 10.6. The van der Waals surface area contributed by atoms with Crippen molar-refractivity contribution in [3.05, 3.63) is 11.8 Å². The normalized spacial score (nSPS) is 18.6. The first-order valence-corrected chi connectivity index (χ1v) is 11.7. The number of esters is 1. The van der Waals surface area contributed by atoms with Gasteiger partial charge in [0.2, 0.25) is 0 Å². The van der Waals surface area contributed by atoms with Crippen LogP contribution in [-0.4, -0.2) is 64.5 Å². The molecular formula is C21H32N4O4S. The maximum Gasteiger partial charge on any atom is 0.410 e. The number of ether oxygens (including phenoxy) is 2. The minimum atomic E-state index is -0.471. The molecule has 1 aromatic heterocycles. The van der Waals surface area contributed by atoms with Crippen molar-refractivity contribution in [1.82, 2.24) is 14.9 Å². The number of rotatable bonds is 5. The van der Waals surface area contributed by atoms with E-state index in [9.17, 15) is 9.59 Å². The number of nitrogens with zero attached hydrogens (tertiary/aromatic N) is 3. The van der Waals surface area contributed by atoms with Gasteiger partial charge in [0.25, 0.3) is 0 Å². The van der Waals surface area contributed by atoms with Crippen LogP contribution in [0.3, 0.4) is 0 Å². The molecule has 1 aliphatic heterocycles. The molecular weight excluding hydrogens is 404 g/mol. The molecule has 9 heteroatoms. The molecule has 0 atom stereocenters. The van der Waals surface area contributed by atoms with Crippen LogP contribution in [0.15, 0.2) is 11.4 Å². The molecule has 0 bridgehead atoms. The highest BCUT2D eigenvalue weighted by atomic mass is 32.2. The number of hydrogen-bond acceptors (Lipinski definition) is 8. The summed E-state index contributed by atoms with van der Waals surface area (Å²) in [5.74, 6) is 0.131. The maximum absolute atomic E-state index is 12.3. The Morgan fingerprint density at radius 3 is 2.53 bits per heavy atom. The van der Waals surface area contributed by atoms with Crippen LogP contribution < -0.4 is 5.32 Å². The summed E-state index contributed by atoms with van der Waals surface area (Å²) in [5.41, 5.74) is 0.146. The van der Waals surface area contributed by atoms with Crippen molar-refractivity contribution >= 4 is 29.6 Å². The third-order valence-corrected chi connectivity index (χ3v) is 6.18. The standard InChI is InChI=1S/C21H32N4O4S/c1-6-28-17(26)15-13-22-18(30-5)24-16(15)23-14-11-21(12-14)7-9-25(10-8-21)19(27)29-20(2,3)4/h13-14H,6-12H2,1-5H3,(H,22,23,24). The molecule has 0 unspecified atom stereocenters. The van der Waals surface area contributed by atoms with Crippen molar-refractivity contribution in [2.24, 2.45) is 5.41 Å². The molecule has 1 saturated heterocycles. The Balaban J connectivity index is 1.56. The molecule has 2 aliphatic rings. The van der Waals surface area contributed by atoms with Gasteiger partial charge in [-0.3, -0.25) is 0 Å². The Bertz CT molecular complexity index is 780. The number of hydrogen-bond donors (Lipinski definition) is 1. The van der Waals surface area contributed by atoms with E-state index in [0.29, 0.717) is 23.1 Å². The quantitative estimate of drug-likeness (QED) is 0.421. The zero-order valence-electron chi connectivity index (χ0n) is 18.5. The summed E-state index contributed by atoms with van der Waals surface area (Å²) in [7, 11) is 0. The number of amides is 1. The number of carbonyl (C=O) groups excluding carboxylic acids is 2. The Labute approximate surface area is 182 Å². The van der Waals surface area contributed by atoms with E-state index in [1.165, 1.54) is 18.0 Å². The van der Waals surface area contributed by atoms with Crippen molar-refractivity contribution in [3.63, 3.8) is 0 Å². The van der Waals surface area contributed by atoms with Crippen LogP contribution in [-0.2, 0) is 9.47 Å². The first-order chi connectivity index (χ1) is 14.1. The number of piperidine rings is 1. The Morgan fingerprint density at radius 2 is 1.97 bits per heavy atom. The SMILES string of the molecule is CCOC(=O)c1cnc(SC)nc1NC1CC2(CCN(C(=O)OC(C)(C)C)CC2)C1. The molecule has 30 heavy (non-hydrogen) atoms. The number of carbonyl (C=O) groups is 2. The second-order valence-corrected chi connectivity index (χ2v) is 9.83. The maximum atomic E-state index is 12.3. The van der Waals surface area contributed by atoms with Crippen molar-refractivity contribution in [3.8, 4) is 0 Å². The zero-order valence-corrected chi connectivity index (χ0v) is 19.3. The predicted octanol–water partition coefficient (Wildman–Crippen LogP) is 3.97. The predicted molar refractivity (Wildman–Crippen MR) is 116 cm³/mol. The van der Waals surface area contributed by atoms with E-state index in [2.05, 4.69) is 15.3 Å². The van der Waals surface area contributed by atoms with Gasteiger partial charge < -0.3 is 19.7 Å². The molecule has 3 rings (SSSR count). The average molecular weight is 437 g/mol. The zero-order chi connectivity index (χ0) is 21.9. The average Bonchev–Trinajstić information content (AvgIpc) is 2.66. The highest BCUT2D eigenvalue weighted by Crippen LogP contribution is 2.50. The molecule has 8 nitrogen and oxygen atoms in total. The van der Waals surface area contributed by atoms with E-state index in [1.807, 2.05) is 31.9 Å². The van der Waals surface area contributed by atoms with E-state index in [-0.39, 0.29) is 17.6 Å². The van der Waals surface area contributed by atoms with Gasteiger partial charge >= 0.3 is 12.1 Å². The first kappa shape index (κ1) is 22.7. The van der Waals surface area contributed by atoms with Gasteiger partial charge in [-0.1, -0.05) is 11.8 Å². The van der Waals surface area contributed by atoms with Crippen molar-refractivity contribution in [2.75, 3.05) is 31.3 Å². The summed E-state index contributed by atoms with van der Waals surface area (Å²) in [4.78, 5) is 35.0. The van der Waals surface area contributed by atoms with Crippen molar-refractivity contribution in [2.45, 2.75) is 70.2 Å². The van der Waals surface area contributed by atoms with Gasteiger partial charge in [0, 0.05) is 25.3 Å². The van der Waals surface area contributed by atoms with E-state index in [1.54, 1.807) is 6.92 Å². The van der Waals surface area contributed by atoms with Crippen molar-refractivity contribution in [1.29, 1.82) is 0 Å². The summed E-state index contributed by atoms with van der Waals surface area (Å²) in [6, 6.07) is 0.246. The molecule has 1 N–H and O–H groups in total. The second-order valence-electron chi connectivity index (χ2n) is 9.06. The van der Waals surface area contributed by atoms with Crippen LogP contribution in [0.2, 0.25) is 0 Å². The fourth-order valence-corrected chi connectivity index (χ4v) is 4.45. The molecule has 2 heterocycles. The Kier molecular flexibility index (Phi) is 6.79. The fourth-order valence-electron chi connectivity index (χ4n) is 4.11. The Hall–Kier alpha value is -2.03. The number of thioether (sulfide) groups is 1. The molecule has 1 spiro atoms. The minimum absolute atomic E-state index is 0.226. The fraction of sp³-hybridized carbons (Fsp3) is 0.714. The highest BCUT2D eigenvalue weighted by Gasteiger charge is 2.47. The molecule has 1 saturated carbocycles. The topological polar surface area (TPSA) is 93.6 Å². The largest absolute Gasteiger partial charge is 0.462 e. The monoisotopic (exact) mass is 436 g/mol. The number of aromatic nitrogens is 2. The van der Waals surface area contributed by atoms with Crippen LogP contribution in [0.25, 0.3) is 0 Å². The number of anilines is 1. The lowest BCUT2D eigenvalue weighted by molar-refractivity contribution is -0.00863. The van der Waals surface area contributed by atoms with Crippen LogP contribution >= 0.6 is 11.8 Å². The Morgan fingerprint density at radius 1 is 1.30 bits per heavy atom. The third-order valence-electron chi connectivity index (χ3n) is 5.62. The molecule has 2 fully saturated rings. The smallest absolute Gasteiger partial charge is 0.410 e. The van der Waals surface area contributed by atoms with Gasteiger partial charge in [0.05, 0.1) is 6.61 Å². The van der Waals surface area contributed by atoms with Gasteiger partial charge in [-0.25, -0.2) is 19.6 Å². The van der Waals surface area contributed by atoms with Crippen molar-refractivity contribution < 1.29 is 19.1 Å². The number of likely N-dealkylation sites (tertiary alicyclic amines) is 1. The molecule has 1 aliphatic carbocycles. The van der Waals surface area contributed by atoms with Crippen LogP contribution in [0.5, 0.6) is 0 Å². The summed E-state index contributed by atoms with van der Waals surface area (Å²) in [6.45, 7) is 9.19. The van der Waals surface area contributed by atoms with Gasteiger partial charge in [0.1, 0.15) is 17.0 Å². The van der Waals surface area contributed by atoms with Crippen LogP contribution in [0.1, 0.15) is 63.7 Å². The minimum Gasteiger partial charge on any atom is -0.462 e. The van der Waals surface area contributed by atoms with Gasteiger partial charge in [-0.15, -0.1) is 0 Å².